The number of phenols is 4. The first-order valence-corrected chi connectivity index (χ1v) is 9.63. The molecule has 0 spiro atoms. The summed E-state index contributed by atoms with van der Waals surface area (Å²) >= 11 is 0. The molecule has 168 valence electrons. The molecule has 0 saturated carbocycles. The molecule has 33 heavy (non-hydrogen) atoms. The zero-order chi connectivity index (χ0) is 24.1. The number of rotatable bonds is 3. The maximum Gasteiger partial charge on any atom is 0.331 e. The van der Waals surface area contributed by atoms with Gasteiger partial charge in [-0.25, -0.2) is 4.79 Å². The van der Waals surface area contributed by atoms with E-state index in [-0.39, 0.29) is 45.1 Å². The number of aromatic hydroxyl groups is 4. The Morgan fingerprint density at radius 2 is 1.42 bits per heavy atom. The smallest absolute Gasteiger partial charge is 0.331 e. The van der Waals surface area contributed by atoms with E-state index in [0.717, 1.165) is 11.6 Å². The fourth-order valence-electron chi connectivity index (χ4n) is 2.94. The second-order valence-corrected chi connectivity index (χ2v) is 7.09. The van der Waals surface area contributed by atoms with Crippen molar-refractivity contribution in [2.75, 3.05) is 0 Å². The van der Waals surface area contributed by atoms with Crippen LogP contribution in [0.4, 0.5) is 0 Å². The Hall–Kier alpha value is -4.72. The molecule has 4 rings (SSSR count). The van der Waals surface area contributed by atoms with Gasteiger partial charge in [0.15, 0.2) is 0 Å². The fourth-order valence-corrected chi connectivity index (χ4v) is 2.94. The van der Waals surface area contributed by atoms with Crippen LogP contribution in [0.1, 0.15) is 12.5 Å². The van der Waals surface area contributed by atoms with E-state index >= 15 is 0 Å². The van der Waals surface area contributed by atoms with Gasteiger partial charge in [-0.1, -0.05) is 24.3 Å². The summed E-state index contributed by atoms with van der Waals surface area (Å²) in [7, 11) is 0. The van der Waals surface area contributed by atoms with Crippen molar-refractivity contribution in [3.8, 4) is 34.1 Å². The lowest BCUT2D eigenvalue weighted by molar-refractivity contribution is -0.132. The number of phenolic OH excluding ortho intramolecular Hbond substituents is 4. The zero-order valence-electron chi connectivity index (χ0n) is 17.4. The van der Waals surface area contributed by atoms with Gasteiger partial charge in [-0.15, -0.1) is 0 Å². The molecule has 0 atom stereocenters. The van der Waals surface area contributed by atoms with Gasteiger partial charge in [0.1, 0.15) is 40.2 Å². The summed E-state index contributed by atoms with van der Waals surface area (Å²) in [4.78, 5) is 22.8. The largest absolute Gasteiger partial charge is 0.508 e. The lowest BCUT2D eigenvalue weighted by Gasteiger charge is -2.05. The molecule has 0 aliphatic heterocycles. The van der Waals surface area contributed by atoms with Crippen LogP contribution in [0, 0.1) is 0 Å². The molecule has 8 heteroatoms. The minimum Gasteiger partial charge on any atom is -0.508 e. The number of carbonyl (C=O) groups is 1. The summed E-state index contributed by atoms with van der Waals surface area (Å²) in [5.74, 6) is -1.20. The second kappa shape index (κ2) is 9.61. The van der Waals surface area contributed by atoms with Crippen molar-refractivity contribution in [2.24, 2.45) is 0 Å². The quantitative estimate of drug-likeness (QED) is 0.289. The van der Waals surface area contributed by atoms with Gasteiger partial charge >= 0.3 is 5.97 Å². The summed E-state index contributed by atoms with van der Waals surface area (Å²) in [6, 6.07) is 14.7. The number of carboxylic acids is 1. The number of aliphatic carboxylic acids is 1. The third-order valence-electron chi connectivity index (χ3n) is 4.63. The summed E-state index contributed by atoms with van der Waals surface area (Å²) in [6.07, 6.45) is 2.80. The van der Waals surface area contributed by atoms with Crippen molar-refractivity contribution in [3.63, 3.8) is 0 Å². The highest BCUT2D eigenvalue weighted by Crippen LogP contribution is 2.29. The second-order valence-electron chi connectivity index (χ2n) is 7.09. The molecule has 3 aromatic carbocycles. The monoisotopic (exact) mass is 448 g/mol. The van der Waals surface area contributed by atoms with Crippen molar-refractivity contribution in [1.29, 1.82) is 0 Å². The Balaban J connectivity index is 0.000000205. The minimum atomic E-state index is -0.937. The van der Waals surface area contributed by atoms with Crippen molar-refractivity contribution in [1.82, 2.24) is 0 Å². The Kier molecular flexibility index (Phi) is 6.68. The number of carboxylic acid groups (broad SMARTS) is 1. The Morgan fingerprint density at radius 1 is 0.848 bits per heavy atom. The third-order valence-corrected chi connectivity index (χ3v) is 4.63. The SMILES string of the molecule is CC(=Cc1ccc(O)cc1)C(=O)O.O=c1c(-c2ccc(O)cc2)coc2cc(O)cc(O)c12. The van der Waals surface area contributed by atoms with Crippen LogP contribution < -0.4 is 5.43 Å². The fraction of sp³-hybridized carbons (Fsp3) is 0.0400. The predicted molar refractivity (Wildman–Crippen MR) is 122 cm³/mol. The Bertz CT molecular complexity index is 1380. The maximum atomic E-state index is 12.4. The predicted octanol–water partition coefficient (Wildman–Crippen LogP) is 4.46. The molecule has 0 radical (unpaired) electrons. The summed E-state index contributed by atoms with van der Waals surface area (Å²) in [6.45, 7) is 1.52. The van der Waals surface area contributed by atoms with Gasteiger partial charge in [0.2, 0.25) is 5.43 Å². The van der Waals surface area contributed by atoms with E-state index in [0.29, 0.717) is 5.56 Å². The molecule has 1 aromatic heterocycles. The van der Waals surface area contributed by atoms with E-state index < -0.39 is 11.4 Å². The molecule has 0 fully saturated rings. The van der Waals surface area contributed by atoms with Gasteiger partial charge in [-0.05, 0) is 48.4 Å². The van der Waals surface area contributed by atoms with Crippen LogP contribution in [0.15, 0.2) is 81.7 Å². The van der Waals surface area contributed by atoms with Gasteiger partial charge in [-0.2, -0.15) is 0 Å². The molecule has 0 aliphatic rings. The van der Waals surface area contributed by atoms with Crippen LogP contribution in [-0.2, 0) is 4.79 Å². The number of fused-ring (bicyclic) bond motifs is 1. The third kappa shape index (κ3) is 5.50. The van der Waals surface area contributed by atoms with Gasteiger partial charge in [-0.3, -0.25) is 4.79 Å². The average molecular weight is 448 g/mol. The van der Waals surface area contributed by atoms with E-state index in [1.165, 1.54) is 43.5 Å². The molecule has 0 unspecified atom stereocenters. The highest BCUT2D eigenvalue weighted by molar-refractivity contribution is 5.91. The van der Waals surface area contributed by atoms with E-state index in [2.05, 4.69) is 0 Å². The van der Waals surface area contributed by atoms with Crippen molar-refractivity contribution in [2.45, 2.75) is 6.92 Å². The molecule has 0 bridgehead atoms. The van der Waals surface area contributed by atoms with E-state index in [4.69, 9.17) is 14.6 Å². The number of hydrogen-bond acceptors (Lipinski definition) is 7. The molecule has 0 saturated heterocycles. The molecular formula is C25H20O8. The normalized spacial score (nSPS) is 11.0. The molecule has 0 aliphatic carbocycles. The van der Waals surface area contributed by atoms with Crippen molar-refractivity contribution < 1.29 is 34.7 Å². The first kappa shape index (κ1) is 23.0. The molecular weight excluding hydrogens is 428 g/mol. The van der Waals surface area contributed by atoms with Crippen LogP contribution in [0.25, 0.3) is 28.2 Å². The van der Waals surface area contributed by atoms with Crippen LogP contribution in [-0.4, -0.2) is 31.5 Å². The lowest BCUT2D eigenvalue weighted by atomic mass is 10.0. The molecule has 4 aromatic rings. The molecule has 5 N–H and O–H groups in total. The number of benzene rings is 3. The van der Waals surface area contributed by atoms with E-state index in [1.54, 1.807) is 30.3 Å². The van der Waals surface area contributed by atoms with Gasteiger partial charge in [0.05, 0.1) is 5.56 Å². The van der Waals surface area contributed by atoms with E-state index in [1.807, 2.05) is 0 Å². The Labute approximate surface area is 187 Å². The van der Waals surface area contributed by atoms with Crippen molar-refractivity contribution >= 4 is 23.0 Å². The van der Waals surface area contributed by atoms with Crippen LogP contribution in [0.5, 0.6) is 23.0 Å². The zero-order valence-corrected chi connectivity index (χ0v) is 17.4. The average Bonchev–Trinajstić information content (AvgIpc) is 2.76. The minimum absolute atomic E-state index is 0.00775. The van der Waals surface area contributed by atoms with Crippen LogP contribution in [0.2, 0.25) is 0 Å². The number of hydrogen-bond donors (Lipinski definition) is 5. The van der Waals surface area contributed by atoms with E-state index in [9.17, 15) is 24.9 Å². The first-order chi connectivity index (χ1) is 15.7. The van der Waals surface area contributed by atoms with Crippen LogP contribution >= 0.6 is 0 Å². The van der Waals surface area contributed by atoms with Gasteiger partial charge in [0.25, 0.3) is 0 Å². The van der Waals surface area contributed by atoms with Crippen molar-refractivity contribution in [3.05, 3.63) is 88.3 Å². The molecule has 0 amide bonds. The molecule has 8 nitrogen and oxygen atoms in total. The summed E-state index contributed by atoms with van der Waals surface area (Å²) < 4.78 is 5.29. The highest BCUT2D eigenvalue weighted by atomic mass is 16.4. The van der Waals surface area contributed by atoms with Gasteiger partial charge in [0, 0.05) is 17.7 Å². The standard InChI is InChI=1S/C15H10O5.C10H10O3/c16-9-3-1-8(2-4-9)11-7-20-13-6-10(17)5-12(18)14(13)15(11)19;1-7(10(12)13)6-8-2-4-9(11)5-3-8/h1-7,16-18H;2-6,11H,1H3,(H,12,13). The lowest BCUT2D eigenvalue weighted by Crippen LogP contribution is -2.04. The first-order valence-electron chi connectivity index (χ1n) is 9.63. The Morgan fingerprint density at radius 3 is 2.00 bits per heavy atom. The molecule has 1 heterocycles. The summed E-state index contributed by atoms with van der Waals surface area (Å²) in [5, 5.41) is 46.0. The highest BCUT2D eigenvalue weighted by Gasteiger charge is 2.13. The van der Waals surface area contributed by atoms with Gasteiger partial charge < -0.3 is 29.9 Å². The summed E-state index contributed by atoms with van der Waals surface area (Å²) in [5.41, 5.74) is 1.55. The maximum absolute atomic E-state index is 12.4. The van der Waals surface area contributed by atoms with Crippen LogP contribution in [0.3, 0.4) is 0 Å². The topological polar surface area (TPSA) is 148 Å².